The van der Waals surface area contributed by atoms with Crippen molar-refractivity contribution in [2.45, 2.75) is 89.3 Å². The van der Waals surface area contributed by atoms with E-state index >= 15 is 0 Å². The van der Waals surface area contributed by atoms with E-state index in [-0.39, 0.29) is 34.8 Å². The highest BCUT2D eigenvalue weighted by Gasteiger charge is 2.30. The quantitative estimate of drug-likeness (QED) is 0.587. The molecule has 1 amide bonds. The number of hydrogen-bond acceptors (Lipinski definition) is 4. The number of sulfone groups is 1. The van der Waals surface area contributed by atoms with Crippen molar-refractivity contribution in [2.75, 3.05) is 0 Å². The van der Waals surface area contributed by atoms with Crippen LogP contribution in [0.1, 0.15) is 77.1 Å². The van der Waals surface area contributed by atoms with Gasteiger partial charge in [0.25, 0.3) is 0 Å². The maximum atomic E-state index is 13.4. The first kappa shape index (κ1) is 23.5. The van der Waals surface area contributed by atoms with Gasteiger partial charge in [-0.25, -0.2) is 13.4 Å². The molecule has 1 heterocycles. The summed E-state index contributed by atoms with van der Waals surface area (Å²) in [5.41, 5.74) is 1.56. The smallest absolute Gasteiger partial charge is 0.228 e. The molecule has 1 aromatic carbocycles. The average Bonchev–Trinajstić information content (AvgIpc) is 3.17. The lowest BCUT2D eigenvalue weighted by atomic mass is 9.95. The number of nitrogens with zero attached hydrogens (tertiary/aromatic N) is 3. The van der Waals surface area contributed by atoms with Crippen LogP contribution in [0.25, 0.3) is 0 Å². The molecular weight excluding hydrogens is 410 g/mol. The van der Waals surface area contributed by atoms with E-state index in [1.807, 2.05) is 67.5 Å². The first-order chi connectivity index (χ1) is 14.7. The Hall–Kier alpha value is -2.15. The van der Waals surface area contributed by atoms with Crippen molar-refractivity contribution in [3.63, 3.8) is 0 Å². The molecule has 0 N–H and O–H groups in total. The molecule has 0 unspecified atom stereocenters. The van der Waals surface area contributed by atoms with Gasteiger partial charge in [-0.3, -0.25) is 4.79 Å². The SMILES string of the molecule is CC(C)C(=O)N(Cc1cnc(S(=O)(=O)Cc2ccccc2)n1C1CCCCC1)C(C)C. The molecule has 7 heteroatoms. The van der Waals surface area contributed by atoms with Crippen LogP contribution in [-0.2, 0) is 26.9 Å². The fourth-order valence-electron chi connectivity index (χ4n) is 4.33. The summed E-state index contributed by atoms with van der Waals surface area (Å²) in [6.45, 7) is 8.15. The lowest BCUT2D eigenvalue weighted by Crippen LogP contribution is -2.39. The minimum absolute atomic E-state index is 0.0222. The maximum Gasteiger partial charge on any atom is 0.228 e. The van der Waals surface area contributed by atoms with E-state index in [2.05, 4.69) is 4.98 Å². The van der Waals surface area contributed by atoms with Crippen molar-refractivity contribution < 1.29 is 13.2 Å². The minimum Gasteiger partial charge on any atom is -0.334 e. The zero-order valence-electron chi connectivity index (χ0n) is 19.1. The topological polar surface area (TPSA) is 72.3 Å². The molecule has 0 atom stereocenters. The van der Waals surface area contributed by atoms with Gasteiger partial charge in [0.05, 0.1) is 24.2 Å². The zero-order chi connectivity index (χ0) is 22.6. The highest BCUT2D eigenvalue weighted by Crippen LogP contribution is 2.33. The van der Waals surface area contributed by atoms with Crippen LogP contribution in [0.3, 0.4) is 0 Å². The average molecular weight is 446 g/mol. The summed E-state index contributed by atoms with van der Waals surface area (Å²) >= 11 is 0. The number of amides is 1. The Balaban J connectivity index is 2.00. The summed E-state index contributed by atoms with van der Waals surface area (Å²) in [7, 11) is -3.62. The molecule has 170 valence electrons. The van der Waals surface area contributed by atoms with Gasteiger partial charge in [-0.15, -0.1) is 0 Å². The molecule has 0 spiro atoms. The van der Waals surface area contributed by atoms with Gasteiger partial charge in [-0.05, 0) is 32.3 Å². The third-order valence-corrected chi connectivity index (χ3v) is 7.56. The van der Waals surface area contributed by atoms with Crippen molar-refractivity contribution >= 4 is 15.7 Å². The van der Waals surface area contributed by atoms with Crippen molar-refractivity contribution in [1.29, 1.82) is 0 Å². The first-order valence-corrected chi connectivity index (χ1v) is 13.0. The summed E-state index contributed by atoms with van der Waals surface area (Å²) < 4.78 is 28.7. The van der Waals surface area contributed by atoms with Crippen LogP contribution in [-0.4, -0.2) is 34.8 Å². The van der Waals surface area contributed by atoms with Gasteiger partial charge in [-0.1, -0.05) is 63.4 Å². The van der Waals surface area contributed by atoms with Gasteiger partial charge >= 0.3 is 0 Å². The first-order valence-electron chi connectivity index (χ1n) is 11.3. The molecule has 1 aromatic heterocycles. The Kier molecular flexibility index (Phi) is 7.57. The second kappa shape index (κ2) is 9.98. The summed E-state index contributed by atoms with van der Waals surface area (Å²) in [6.07, 6.45) is 6.89. The molecule has 1 aliphatic carbocycles. The number of rotatable bonds is 8. The van der Waals surface area contributed by atoms with Gasteiger partial charge in [-0.2, -0.15) is 0 Å². The summed E-state index contributed by atoms with van der Waals surface area (Å²) in [5.74, 6) is -0.120. The second-order valence-electron chi connectivity index (χ2n) is 9.15. The normalized spacial score (nSPS) is 15.5. The lowest BCUT2D eigenvalue weighted by molar-refractivity contribution is -0.137. The molecule has 2 aromatic rings. The number of benzene rings is 1. The van der Waals surface area contributed by atoms with Gasteiger partial charge in [0, 0.05) is 18.0 Å². The number of hydrogen-bond donors (Lipinski definition) is 0. The molecular formula is C24H35N3O3S. The van der Waals surface area contributed by atoms with Crippen LogP contribution < -0.4 is 0 Å². The van der Waals surface area contributed by atoms with Crippen LogP contribution in [0.15, 0.2) is 41.7 Å². The molecule has 6 nitrogen and oxygen atoms in total. The summed E-state index contributed by atoms with van der Waals surface area (Å²) in [5, 5.41) is 0.138. The number of imidazole rings is 1. The predicted octanol–water partition coefficient (Wildman–Crippen LogP) is 4.76. The molecule has 0 saturated heterocycles. The third-order valence-electron chi connectivity index (χ3n) is 5.99. The van der Waals surface area contributed by atoms with E-state index in [0.717, 1.165) is 36.9 Å². The fourth-order valence-corrected chi connectivity index (χ4v) is 5.87. The predicted molar refractivity (Wildman–Crippen MR) is 122 cm³/mol. The molecule has 31 heavy (non-hydrogen) atoms. The molecule has 0 bridgehead atoms. The van der Waals surface area contributed by atoms with E-state index in [1.54, 1.807) is 6.20 Å². The van der Waals surface area contributed by atoms with Crippen LogP contribution in [0.4, 0.5) is 0 Å². The molecule has 1 aliphatic rings. The van der Waals surface area contributed by atoms with Crippen LogP contribution in [0, 0.1) is 5.92 Å². The molecule has 0 radical (unpaired) electrons. The number of carbonyl (C=O) groups excluding carboxylic acids is 1. The number of carbonyl (C=O) groups is 1. The Bertz CT molecular complexity index is 975. The molecule has 1 fully saturated rings. The second-order valence-corrected chi connectivity index (χ2v) is 11.0. The summed E-state index contributed by atoms with van der Waals surface area (Å²) in [6, 6.07) is 9.36. The largest absolute Gasteiger partial charge is 0.334 e. The minimum atomic E-state index is -3.62. The van der Waals surface area contributed by atoms with Crippen molar-refractivity contribution in [2.24, 2.45) is 5.92 Å². The lowest BCUT2D eigenvalue weighted by Gasteiger charge is -2.31. The van der Waals surface area contributed by atoms with Crippen LogP contribution in [0.5, 0.6) is 0 Å². The van der Waals surface area contributed by atoms with Crippen molar-refractivity contribution in [3.8, 4) is 0 Å². The Morgan fingerprint density at radius 1 is 1.10 bits per heavy atom. The summed E-state index contributed by atoms with van der Waals surface area (Å²) in [4.78, 5) is 19.0. The van der Waals surface area contributed by atoms with Crippen molar-refractivity contribution in [1.82, 2.24) is 14.5 Å². The maximum absolute atomic E-state index is 13.4. The van der Waals surface area contributed by atoms with Gasteiger partial charge in [0.15, 0.2) is 0 Å². The Labute approximate surface area is 186 Å². The number of aromatic nitrogens is 2. The van der Waals surface area contributed by atoms with E-state index in [9.17, 15) is 13.2 Å². The van der Waals surface area contributed by atoms with E-state index in [0.29, 0.717) is 6.54 Å². The molecule has 1 saturated carbocycles. The van der Waals surface area contributed by atoms with Crippen LogP contribution >= 0.6 is 0 Å². The monoisotopic (exact) mass is 445 g/mol. The van der Waals surface area contributed by atoms with Gasteiger partial charge in [0.2, 0.25) is 20.9 Å². The standard InChI is InChI=1S/C24H35N3O3S/c1-18(2)23(28)26(19(3)4)16-22-15-25-24(27(22)21-13-9-6-10-14-21)31(29,30)17-20-11-7-5-8-12-20/h5,7-8,11-12,15,18-19,21H,6,9-10,13-14,16-17H2,1-4H3. The fraction of sp³-hybridized carbons (Fsp3) is 0.583. The van der Waals surface area contributed by atoms with E-state index < -0.39 is 9.84 Å². The van der Waals surface area contributed by atoms with Gasteiger partial charge < -0.3 is 9.47 Å². The Morgan fingerprint density at radius 3 is 2.32 bits per heavy atom. The highest BCUT2D eigenvalue weighted by molar-refractivity contribution is 7.90. The van der Waals surface area contributed by atoms with Crippen LogP contribution in [0.2, 0.25) is 0 Å². The zero-order valence-corrected chi connectivity index (χ0v) is 19.9. The van der Waals surface area contributed by atoms with Gasteiger partial charge in [0.1, 0.15) is 0 Å². The Morgan fingerprint density at radius 2 is 1.74 bits per heavy atom. The van der Waals surface area contributed by atoms with E-state index in [1.165, 1.54) is 6.42 Å². The van der Waals surface area contributed by atoms with Crippen molar-refractivity contribution in [3.05, 3.63) is 47.8 Å². The highest BCUT2D eigenvalue weighted by atomic mass is 32.2. The molecule has 3 rings (SSSR count). The molecule has 0 aliphatic heterocycles. The van der Waals surface area contributed by atoms with E-state index in [4.69, 9.17) is 0 Å². The third kappa shape index (κ3) is 5.56.